The molecule has 5 aromatic carbocycles. The average Bonchev–Trinajstić information content (AvgIpc) is 3.48. The number of benzene rings is 5. The normalized spacial score (nSPS) is 11.2. The molecule has 0 saturated heterocycles. The van der Waals surface area contributed by atoms with E-state index in [4.69, 9.17) is 0 Å². The number of pyridine rings is 2. The fourth-order valence-corrected chi connectivity index (χ4v) is 7.27. The van der Waals surface area contributed by atoms with Gasteiger partial charge in [0, 0.05) is 63.9 Å². The first-order chi connectivity index (χ1) is 22.2. The van der Waals surface area contributed by atoms with Crippen molar-refractivity contribution in [3.63, 3.8) is 0 Å². The van der Waals surface area contributed by atoms with Crippen LogP contribution in [-0.4, -0.2) is 9.97 Å². The molecule has 0 saturated carbocycles. The van der Waals surface area contributed by atoms with Crippen LogP contribution in [-0.2, 0) is 20.1 Å². The molecule has 9 rings (SSSR count). The number of hydrogen-bond donors (Lipinski definition) is 1. The van der Waals surface area contributed by atoms with E-state index in [1.807, 2.05) is 78.2 Å². The Kier molecular flexibility index (Phi) is 8.30. The second-order valence-electron chi connectivity index (χ2n) is 10.9. The number of nitrogens with one attached hydrogen (secondary N) is 1. The van der Waals surface area contributed by atoms with E-state index in [2.05, 4.69) is 101 Å². The third-order valence-corrected chi connectivity index (χ3v) is 9.34. The summed E-state index contributed by atoms with van der Waals surface area (Å²) in [6.45, 7) is 2.26. The second kappa shape index (κ2) is 12.8. The number of hydrogen-bond acceptors (Lipinski definition) is 4. The van der Waals surface area contributed by atoms with Crippen LogP contribution in [0.1, 0.15) is 5.56 Å². The van der Waals surface area contributed by atoms with E-state index >= 15 is 0 Å². The standard InChI is InChI=1S/C30H19N2S.C11H8N.Ir/c1-18-22-17-28-30(21-9-3-5-12-27(21)33-28)29(18)23-16-19(24-10-6-7-15-31-24)13-14-26(23)32-25-11-4-2-8-20(22)25;1-2-6-10(7-3-1)11-8-4-5-9-12-11;/h2-12,14-17,32H,1H3;1-6,8-9H;/q2*-1;. The van der Waals surface area contributed by atoms with Crippen molar-refractivity contribution in [2.24, 2.45) is 0 Å². The molecule has 0 unspecified atom stereocenters. The fourth-order valence-electron chi connectivity index (χ4n) is 6.12. The first-order valence-electron chi connectivity index (χ1n) is 14.9. The van der Waals surface area contributed by atoms with Gasteiger partial charge in [0.1, 0.15) is 0 Å². The Hall–Kier alpha value is -4.93. The molecule has 46 heavy (non-hydrogen) atoms. The topological polar surface area (TPSA) is 37.8 Å². The minimum atomic E-state index is 0. The zero-order valence-electron chi connectivity index (χ0n) is 24.9. The first kappa shape index (κ1) is 29.8. The number of para-hydroxylation sites is 1. The summed E-state index contributed by atoms with van der Waals surface area (Å²) in [4.78, 5) is 8.80. The van der Waals surface area contributed by atoms with Crippen LogP contribution in [0, 0.1) is 19.1 Å². The molecule has 3 nitrogen and oxygen atoms in total. The third kappa shape index (κ3) is 5.43. The van der Waals surface area contributed by atoms with Gasteiger partial charge in [0.25, 0.3) is 0 Å². The summed E-state index contributed by atoms with van der Waals surface area (Å²) in [6.07, 6.45) is 3.63. The van der Waals surface area contributed by atoms with Gasteiger partial charge >= 0.3 is 0 Å². The van der Waals surface area contributed by atoms with Gasteiger partial charge in [-0.3, -0.25) is 0 Å². The molecule has 1 N–H and O–H groups in total. The van der Waals surface area contributed by atoms with Crippen molar-refractivity contribution in [3.8, 4) is 44.8 Å². The van der Waals surface area contributed by atoms with Gasteiger partial charge < -0.3 is 15.3 Å². The van der Waals surface area contributed by atoms with Gasteiger partial charge in [-0.15, -0.1) is 71.0 Å². The molecule has 0 amide bonds. The summed E-state index contributed by atoms with van der Waals surface area (Å²) in [5.74, 6) is 0. The monoisotopic (exact) mass is 786 g/mol. The number of nitrogens with zero attached hydrogens (tertiary/aromatic N) is 2. The van der Waals surface area contributed by atoms with Gasteiger partial charge in [-0.1, -0.05) is 66.2 Å². The number of fused-ring (bicyclic) bond motifs is 10. The Balaban J connectivity index is 0.000000220. The molecule has 0 aliphatic carbocycles. The molecule has 1 aliphatic rings. The van der Waals surface area contributed by atoms with E-state index in [0.717, 1.165) is 33.9 Å². The molecule has 0 atom stereocenters. The third-order valence-electron chi connectivity index (χ3n) is 8.22. The van der Waals surface area contributed by atoms with Crippen molar-refractivity contribution in [2.75, 3.05) is 5.32 Å². The summed E-state index contributed by atoms with van der Waals surface area (Å²) in [5.41, 5.74) is 12.4. The minimum absolute atomic E-state index is 0. The maximum Gasteiger partial charge on any atom is 0.0381 e. The Bertz CT molecular complexity index is 2260. The zero-order chi connectivity index (χ0) is 30.2. The van der Waals surface area contributed by atoms with Crippen LogP contribution < -0.4 is 5.32 Å². The molecule has 2 bridgehead atoms. The number of aromatic nitrogens is 2. The van der Waals surface area contributed by atoms with Gasteiger partial charge in [0.05, 0.1) is 0 Å². The van der Waals surface area contributed by atoms with E-state index in [0.29, 0.717) is 0 Å². The molecule has 8 aromatic rings. The van der Waals surface area contributed by atoms with Crippen molar-refractivity contribution >= 4 is 42.9 Å². The molecule has 3 aromatic heterocycles. The van der Waals surface area contributed by atoms with Gasteiger partial charge in [0.15, 0.2) is 0 Å². The Morgan fingerprint density at radius 2 is 1.33 bits per heavy atom. The van der Waals surface area contributed by atoms with Crippen LogP contribution in [0.5, 0.6) is 0 Å². The number of anilines is 2. The van der Waals surface area contributed by atoms with Crippen molar-refractivity contribution in [2.45, 2.75) is 6.92 Å². The predicted octanol–water partition coefficient (Wildman–Crippen LogP) is 11.2. The van der Waals surface area contributed by atoms with Crippen molar-refractivity contribution in [1.82, 2.24) is 9.97 Å². The molecule has 5 heteroatoms. The molecule has 1 radical (unpaired) electrons. The average molecular weight is 786 g/mol. The number of thiophene rings is 1. The molecule has 1 aliphatic heterocycles. The second-order valence-corrected chi connectivity index (χ2v) is 12.0. The van der Waals surface area contributed by atoms with Crippen molar-refractivity contribution < 1.29 is 20.1 Å². The molecular weight excluding hydrogens is 759 g/mol. The molecule has 0 spiro atoms. The van der Waals surface area contributed by atoms with Crippen LogP contribution in [0.15, 0.2) is 140 Å². The molecular formula is C41H27IrN3S-2. The summed E-state index contributed by atoms with van der Waals surface area (Å²) in [6, 6.07) is 50.3. The SMILES string of the molecule is Cc1c2cc3sc4ccccc4c3c1-c1cc(-c3ccccn3)[c-]cc1Nc1ccccc1-2.[Ir].[c-]1ccccc1-c1ccccn1. The van der Waals surface area contributed by atoms with Crippen LogP contribution in [0.3, 0.4) is 0 Å². The summed E-state index contributed by atoms with van der Waals surface area (Å²) < 4.78 is 2.64. The van der Waals surface area contributed by atoms with Crippen LogP contribution in [0.25, 0.3) is 64.9 Å². The van der Waals surface area contributed by atoms with E-state index < -0.39 is 0 Å². The Morgan fingerprint density at radius 1 is 0.609 bits per heavy atom. The first-order valence-corrected chi connectivity index (χ1v) is 15.7. The Morgan fingerprint density at radius 3 is 2.09 bits per heavy atom. The van der Waals surface area contributed by atoms with E-state index in [1.165, 1.54) is 48.0 Å². The van der Waals surface area contributed by atoms with Crippen molar-refractivity contribution in [3.05, 3.63) is 157 Å². The molecule has 223 valence electrons. The van der Waals surface area contributed by atoms with Gasteiger partial charge in [-0.05, 0) is 71.0 Å². The quantitative estimate of drug-likeness (QED) is 0.177. The van der Waals surface area contributed by atoms with Crippen molar-refractivity contribution in [1.29, 1.82) is 0 Å². The summed E-state index contributed by atoms with van der Waals surface area (Å²) >= 11 is 1.87. The largest absolute Gasteiger partial charge is 0.394 e. The van der Waals surface area contributed by atoms with Crippen LogP contribution >= 0.6 is 11.3 Å². The number of rotatable bonds is 2. The predicted molar refractivity (Wildman–Crippen MR) is 189 cm³/mol. The van der Waals surface area contributed by atoms with Gasteiger partial charge in [0.2, 0.25) is 0 Å². The van der Waals surface area contributed by atoms with E-state index in [-0.39, 0.29) is 20.1 Å². The zero-order valence-corrected chi connectivity index (χ0v) is 28.1. The fraction of sp³-hybridized carbons (Fsp3) is 0.0244. The Labute approximate surface area is 286 Å². The van der Waals surface area contributed by atoms with Crippen LogP contribution in [0.4, 0.5) is 11.4 Å². The summed E-state index contributed by atoms with van der Waals surface area (Å²) in [5, 5.41) is 6.36. The van der Waals surface area contributed by atoms with E-state index in [1.54, 1.807) is 6.20 Å². The smallest absolute Gasteiger partial charge is 0.0381 e. The van der Waals surface area contributed by atoms with Gasteiger partial charge in [-0.2, -0.15) is 0 Å². The molecule has 4 heterocycles. The van der Waals surface area contributed by atoms with Gasteiger partial charge in [-0.25, -0.2) is 0 Å². The minimum Gasteiger partial charge on any atom is -0.394 e. The maximum atomic E-state index is 4.58. The van der Waals surface area contributed by atoms with Crippen LogP contribution in [0.2, 0.25) is 0 Å². The molecule has 0 fully saturated rings. The maximum absolute atomic E-state index is 4.58. The summed E-state index contributed by atoms with van der Waals surface area (Å²) in [7, 11) is 0. The van der Waals surface area contributed by atoms with E-state index in [9.17, 15) is 0 Å².